The van der Waals surface area contributed by atoms with Crippen molar-refractivity contribution in [3.8, 4) is 0 Å². The largest absolute Gasteiger partial charge is 0.396 e. The molecule has 98 valence electrons. The van der Waals surface area contributed by atoms with E-state index in [4.69, 9.17) is 5.11 Å². The number of aliphatic hydroxyl groups excluding tert-OH is 1. The first-order valence-corrected chi connectivity index (χ1v) is 6.31. The second kappa shape index (κ2) is 7.67. The number of hydrogen-bond acceptors (Lipinski definition) is 2. The van der Waals surface area contributed by atoms with Crippen LogP contribution in [0.1, 0.15) is 30.9 Å². The molecule has 0 fully saturated rings. The number of carbonyl (C=O) groups excluding carboxylic acids is 1. The lowest BCUT2D eigenvalue weighted by atomic mass is 10.1. The molecule has 0 saturated carbocycles. The maximum atomic E-state index is 11.7. The van der Waals surface area contributed by atoms with Gasteiger partial charge in [-0.3, -0.25) is 4.79 Å². The van der Waals surface area contributed by atoms with E-state index in [9.17, 15) is 4.79 Å². The topological polar surface area (TPSA) is 49.3 Å². The molecule has 3 nitrogen and oxygen atoms in total. The highest BCUT2D eigenvalue weighted by Crippen LogP contribution is 2.05. The minimum Gasteiger partial charge on any atom is -0.396 e. The average Bonchev–Trinajstić information content (AvgIpc) is 2.36. The first-order valence-electron chi connectivity index (χ1n) is 6.31. The van der Waals surface area contributed by atoms with Crippen molar-refractivity contribution in [2.75, 3.05) is 6.61 Å². The summed E-state index contributed by atoms with van der Waals surface area (Å²) in [4.78, 5) is 11.7. The molecule has 18 heavy (non-hydrogen) atoms. The molecule has 1 aromatic carbocycles. The van der Waals surface area contributed by atoms with Gasteiger partial charge in [0, 0.05) is 18.7 Å². The lowest BCUT2D eigenvalue weighted by Gasteiger charge is -2.13. The minimum atomic E-state index is -0.114. The lowest BCUT2D eigenvalue weighted by molar-refractivity contribution is -0.117. The Hall–Kier alpha value is -1.61. The van der Waals surface area contributed by atoms with Crippen LogP contribution in [0.25, 0.3) is 6.08 Å². The highest BCUT2D eigenvalue weighted by atomic mass is 16.3. The number of rotatable bonds is 6. The van der Waals surface area contributed by atoms with Crippen molar-refractivity contribution in [3.05, 3.63) is 41.5 Å². The van der Waals surface area contributed by atoms with Crippen LogP contribution in [-0.4, -0.2) is 23.7 Å². The molecule has 0 spiro atoms. The van der Waals surface area contributed by atoms with E-state index < -0.39 is 0 Å². The highest BCUT2D eigenvalue weighted by Gasteiger charge is 2.06. The first-order chi connectivity index (χ1) is 8.65. The average molecular weight is 247 g/mol. The molecule has 1 atom stereocenters. The Morgan fingerprint density at radius 2 is 2.28 bits per heavy atom. The maximum absolute atomic E-state index is 11.7. The van der Waals surface area contributed by atoms with E-state index >= 15 is 0 Å². The number of amides is 1. The number of hydrogen-bond donors (Lipinski definition) is 2. The number of benzene rings is 1. The van der Waals surface area contributed by atoms with Gasteiger partial charge in [0.1, 0.15) is 0 Å². The zero-order chi connectivity index (χ0) is 13.4. The second-order valence-corrected chi connectivity index (χ2v) is 4.37. The van der Waals surface area contributed by atoms with Gasteiger partial charge in [0.25, 0.3) is 0 Å². The summed E-state index contributed by atoms with van der Waals surface area (Å²) in [5.41, 5.74) is 2.18. The van der Waals surface area contributed by atoms with Crippen LogP contribution >= 0.6 is 0 Å². The smallest absolute Gasteiger partial charge is 0.244 e. The summed E-state index contributed by atoms with van der Waals surface area (Å²) in [5, 5.41) is 11.7. The van der Waals surface area contributed by atoms with E-state index in [1.54, 1.807) is 6.08 Å². The number of carbonyl (C=O) groups is 1. The zero-order valence-corrected chi connectivity index (χ0v) is 11.0. The van der Waals surface area contributed by atoms with Crippen molar-refractivity contribution in [2.45, 2.75) is 32.7 Å². The monoisotopic (exact) mass is 247 g/mol. The van der Waals surface area contributed by atoms with Crippen LogP contribution in [0.4, 0.5) is 0 Å². The molecule has 2 N–H and O–H groups in total. The summed E-state index contributed by atoms with van der Waals surface area (Å²) in [5.74, 6) is -0.114. The van der Waals surface area contributed by atoms with Gasteiger partial charge in [-0.1, -0.05) is 36.8 Å². The fourth-order valence-corrected chi connectivity index (χ4v) is 1.73. The van der Waals surface area contributed by atoms with E-state index in [1.807, 2.05) is 38.1 Å². The van der Waals surface area contributed by atoms with Gasteiger partial charge in [-0.15, -0.1) is 0 Å². The molecule has 1 amide bonds. The molecular weight excluding hydrogens is 226 g/mol. The van der Waals surface area contributed by atoms with E-state index in [1.165, 1.54) is 11.6 Å². The predicted molar refractivity (Wildman–Crippen MR) is 74.1 cm³/mol. The van der Waals surface area contributed by atoms with Gasteiger partial charge in [-0.25, -0.2) is 0 Å². The molecule has 0 saturated heterocycles. The Morgan fingerprint density at radius 3 is 2.89 bits per heavy atom. The van der Waals surface area contributed by atoms with E-state index in [2.05, 4.69) is 5.32 Å². The van der Waals surface area contributed by atoms with Gasteiger partial charge in [-0.2, -0.15) is 0 Å². The summed E-state index contributed by atoms with van der Waals surface area (Å²) in [6, 6.07) is 8.01. The van der Waals surface area contributed by atoms with E-state index in [0.29, 0.717) is 6.42 Å². The number of aryl methyl sites for hydroxylation is 1. The normalized spacial score (nSPS) is 12.6. The van der Waals surface area contributed by atoms with Crippen LogP contribution in [-0.2, 0) is 4.79 Å². The van der Waals surface area contributed by atoms with Crippen molar-refractivity contribution in [1.82, 2.24) is 5.32 Å². The third-order valence-corrected chi connectivity index (χ3v) is 2.79. The van der Waals surface area contributed by atoms with Crippen LogP contribution in [0.2, 0.25) is 0 Å². The molecule has 0 aliphatic rings. The molecule has 0 aromatic heterocycles. The molecule has 0 aliphatic carbocycles. The van der Waals surface area contributed by atoms with Gasteiger partial charge in [-0.05, 0) is 31.4 Å². The molecule has 0 radical (unpaired) electrons. The van der Waals surface area contributed by atoms with Gasteiger partial charge in [0.2, 0.25) is 5.91 Å². The Labute approximate surface area is 109 Å². The maximum Gasteiger partial charge on any atom is 0.244 e. The van der Waals surface area contributed by atoms with Gasteiger partial charge in [0.15, 0.2) is 0 Å². The first kappa shape index (κ1) is 14.5. The molecule has 0 heterocycles. The van der Waals surface area contributed by atoms with Crippen molar-refractivity contribution < 1.29 is 9.90 Å². The van der Waals surface area contributed by atoms with Crippen LogP contribution in [0.15, 0.2) is 30.3 Å². The zero-order valence-electron chi connectivity index (χ0n) is 11.0. The number of aliphatic hydroxyl groups is 1. The van der Waals surface area contributed by atoms with Crippen LogP contribution < -0.4 is 5.32 Å². The van der Waals surface area contributed by atoms with E-state index in [0.717, 1.165) is 12.0 Å². The van der Waals surface area contributed by atoms with Crippen LogP contribution in [0.5, 0.6) is 0 Å². The van der Waals surface area contributed by atoms with Gasteiger partial charge in [0.05, 0.1) is 0 Å². The van der Waals surface area contributed by atoms with Crippen molar-refractivity contribution in [2.24, 2.45) is 0 Å². The Balaban J connectivity index is 2.53. The lowest BCUT2D eigenvalue weighted by Crippen LogP contribution is -2.33. The molecule has 0 aliphatic heterocycles. The summed E-state index contributed by atoms with van der Waals surface area (Å²) in [6.07, 6.45) is 4.76. The SMILES string of the molecule is CCC(CCO)NC(=O)/C=C/c1cccc(C)c1. The van der Waals surface area contributed by atoms with Crippen LogP contribution in [0.3, 0.4) is 0 Å². The Kier molecular flexibility index (Phi) is 6.15. The summed E-state index contributed by atoms with van der Waals surface area (Å²) in [7, 11) is 0. The predicted octanol–water partition coefficient (Wildman–Crippen LogP) is 2.29. The van der Waals surface area contributed by atoms with Crippen LogP contribution in [0, 0.1) is 6.92 Å². The highest BCUT2D eigenvalue weighted by molar-refractivity contribution is 5.91. The Bertz CT molecular complexity index is 413. The third-order valence-electron chi connectivity index (χ3n) is 2.79. The Morgan fingerprint density at radius 1 is 1.50 bits per heavy atom. The number of nitrogens with one attached hydrogen (secondary N) is 1. The third kappa shape index (κ3) is 5.15. The second-order valence-electron chi connectivity index (χ2n) is 4.37. The fourth-order valence-electron chi connectivity index (χ4n) is 1.73. The molecule has 1 aromatic rings. The summed E-state index contributed by atoms with van der Waals surface area (Å²) < 4.78 is 0. The molecule has 0 bridgehead atoms. The van der Waals surface area contributed by atoms with Gasteiger partial charge < -0.3 is 10.4 Å². The summed E-state index contributed by atoms with van der Waals surface area (Å²) in [6.45, 7) is 4.11. The summed E-state index contributed by atoms with van der Waals surface area (Å²) >= 11 is 0. The van der Waals surface area contributed by atoms with Crippen molar-refractivity contribution in [1.29, 1.82) is 0 Å². The molecule has 3 heteroatoms. The minimum absolute atomic E-state index is 0.0460. The van der Waals surface area contributed by atoms with Crippen molar-refractivity contribution in [3.63, 3.8) is 0 Å². The standard InChI is InChI=1S/C15H21NO2/c1-3-14(9-10-17)16-15(18)8-7-13-6-4-5-12(2)11-13/h4-8,11,14,17H,3,9-10H2,1-2H3,(H,16,18)/b8-7+. The van der Waals surface area contributed by atoms with E-state index in [-0.39, 0.29) is 18.6 Å². The molecule has 1 unspecified atom stereocenters. The quantitative estimate of drug-likeness (QED) is 0.758. The van der Waals surface area contributed by atoms with Gasteiger partial charge >= 0.3 is 0 Å². The van der Waals surface area contributed by atoms with Crippen molar-refractivity contribution >= 4 is 12.0 Å². The fraction of sp³-hybridized carbons (Fsp3) is 0.400. The molecular formula is C15H21NO2. The molecule has 1 rings (SSSR count).